The highest BCUT2D eigenvalue weighted by Gasteiger charge is 2.28. The molecule has 1 saturated heterocycles. The van der Waals surface area contributed by atoms with Crippen molar-refractivity contribution >= 4 is 17.0 Å². The van der Waals surface area contributed by atoms with Crippen molar-refractivity contribution in [2.24, 2.45) is 0 Å². The number of amides is 2. The molecule has 1 aromatic carbocycles. The molecule has 0 bridgehead atoms. The van der Waals surface area contributed by atoms with E-state index in [0.29, 0.717) is 6.42 Å². The number of benzene rings is 1. The highest BCUT2D eigenvalue weighted by molar-refractivity contribution is 5.82. The van der Waals surface area contributed by atoms with Gasteiger partial charge in [-0.3, -0.25) is 0 Å². The minimum Gasteiger partial charge on any atom is -0.459 e. The van der Waals surface area contributed by atoms with Gasteiger partial charge in [0.25, 0.3) is 0 Å². The first kappa shape index (κ1) is 16.8. The standard InChI is InChI=1S/C19H26N2O3/c1-13-16-8-3-4-9-17(16)24-18(13)14(2)20-19(23)21-11-6-5-7-15(21)10-12-22/h3-4,8-9,14-15,22H,5-7,10-12H2,1-2H3,(H,20,23). The predicted molar refractivity (Wildman–Crippen MR) is 93.9 cm³/mol. The highest BCUT2D eigenvalue weighted by Crippen LogP contribution is 2.29. The summed E-state index contributed by atoms with van der Waals surface area (Å²) in [4.78, 5) is 14.6. The summed E-state index contributed by atoms with van der Waals surface area (Å²) in [5, 5.41) is 13.4. The number of nitrogens with one attached hydrogen (secondary N) is 1. The number of aryl methyl sites for hydroxylation is 1. The number of hydrogen-bond acceptors (Lipinski definition) is 3. The van der Waals surface area contributed by atoms with Crippen LogP contribution in [-0.4, -0.2) is 35.2 Å². The van der Waals surface area contributed by atoms with E-state index in [1.165, 1.54) is 0 Å². The molecule has 2 unspecified atom stereocenters. The zero-order valence-electron chi connectivity index (χ0n) is 14.4. The molecule has 130 valence electrons. The normalized spacial score (nSPS) is 19.5. The second-order valence-corrected chi connectivity index (χ2v) is 6.61. The Morgan fingerprint density at radius 1 is 1.42 bits per heavy atom. The molecule has 1 aromatic heterocycles. The maximum atomic E-state index is 12.7. The molecule has 1 aliphatic heterocycles. The zero-order chi connectivity index (χ0) is 17.1. The quantitative estimate of drug-likeness (QED) is 0.897. The number of urea groups is 1. The Labute approximate surface area is 142 Å². The van der Waals surface area contributed by atoms with Crippen LogP contribution >= 0.6 is 0 Å². The summed E-state index contributed by atoms with van der Waals surface area (Å²) in [6, 6.07) is 7.79. The van der Waals surface area contributed by atoms with Gasteiger partial charge in [-0.2, -0.15) is 0 Å². The number of carbonyl (C=O) groups excluding carboxylic acids is 1. The number of likely N-dealkylation sites (tertiary alicyclic amines) is 1. The van der Waals surface area contributed by atoms with Crippen molar-refractivity contribution in [3.63, 3.8) is 0 Å². The van der Waals surface area contributed by atoms with Crippen LogP contribution in [0.25, 0.3) is 11.0 Å². The van der Waals surface area contributed by atoms with Gasteiger partial charge in [0.2, 0.25) is 0 Å². The van der Waals surface area contributed by atoms with Gasteiger partial charge in [0.1, 0.15) is 11.3 Å². The molecule has 0 aliphatic carbocycles. The first-order valence-electron chi connectivity index (χ1n) is 8.78. The van der Waals surface area contributed by atoms with Crippen LogP contribution in [0.2, 0.25) is 0 Å². The van der Waals surface area contributed by atoms with Crippen molar-refractivity contribution in [3.05, 3.63) is 35.6 Å². The Kier molecular flexibility index (Phi) is 5.09. The fourth-order valence-corrected chi connectivity index (χ4v) is 3.66. The lowest BCUT2D eigenvalue weighted by Gasteiger charge is -2.36. The molecule has 0 radical (unpaired) electrons. The molecule has 1 fully saturated rings. The molecule has 2 amide bonds. The van der Waals surface area contributed by atoms with E-state index in [4.69, 9.17) is 4.42 Å². The van der Waals surface area contributed by atoms with Crippen LogP contribution in [0.3, 0.4) is 0 Å². The fourth-order valence-electron chi connectivity index (χ4n) is 3.66. The number of nitrogens with zero attached hydrogens (tertiary/aromatic N) is 1. The minimum atomic E-state index is -0.193. The summed E-state index contributed by atoms with van der Waals surface area (Å²) < 4.78 is 5.95. The third-order valence-corrected chi connectivity index (χ3v) is 4.96. The van der Waals surface area contributed by atoms with E-state index >= 15 is 0 Å². The molecule has 2 atom stereocenters. The molecular formula is C19H26N2O3. The van der Waals surface area contributed by atoms with E-state index in [1.54, 1.807) is 0 Å². The van der Waals surface area contributed by atoms with Crippen molar-refractivity contribution in [3.8, 4) is 0 Å². The van der Waals surface area contributed by atoms with Gasteiger partial charge in [0.05, 0.1) is 6.04 Å². The summed E-state index contributed by atoms with van der Waals surface area (Å²) in [5.74, 6) is 0.806. The summed E-state index contributed by atoms with van der Waals surface area (Å²) in [5.41, 5.74) is 1.92. The van der Waals surface area contributed by atoms with E-state index in [1.807, 2.05) is 43.0 Å². The Bertz CT molecular complexity index is 708. The molecule has 2 N–H and O–H groups in total. The molecule has 2 aromatic rings. The van der Waals surface area contributed by atoms with Crippen molar-refractivity contribution in [1.29, 1.82) is 0 Å². The summed E-state index contributed by atoms with van der Waals surface area (Å²) in [6.45, 7) is 4.85. The van der Waals surface area contributed by atoms with Gasteiger partial charge in [0, 0.05) is 30.1 Å². The second-order valence-electron chi connectivity index (χ2n) is 6.61. The Balaban J connectivity index is 1.74. The van der Waals surface area contributed by atoms with Crippen LogP contribution in [0, 0.1) is 6.92 Å². The highest BCUT2D eigenvalue weighted by atomic mass is 16.3. The van der Waals surface area contributed by atoms with E-state index in [0.717, 1.165) is 48.1 Å². The zero-order valence-corrected chi connectivity index (χ0v) is 14.4. The maximum absolute atomic E-state index is 12.7. The molecule has 3 rings (SSSR count). The number of para-hydroxylation sites is 1. The lowest BCUT2D eigenvalue weighted by molar-refractivity contribution is 0.129. The van der Waals surface area contributed by atoms with Crippen molar-refractivity contribution < 1.29 is 14.3 Å². The lowest BCUT2D eigenvalue weighted by Crippen LogP contribution is -2.49. The van der Waals surface area contributed by atoms with E-state index in [2.05, 4.69) is 5.32 Å². The Hall–Kier alpha value is -2.01. The maximum Gasteiger partial charge on any atom is 0.318 e. The average Bonchev–Trinajstić information content (AvgIpc) is 2.93. The van der Waals surface area contributed by atoms with Gasteiger partial charge < -0.3 is 19.7 Å². The smallest absolute Gasteiger partial charge is 0.318 e. The van der Waals surface area contributed by atoms with Gasteiger partial charge >= 0.3 is 6.03 Å². The first-order valence-corrected chi connectivity index (χ1v) is 8.78. The van der Waals surface area contributed by atoms with Crippen molar-refractivity contribution in [1.82, 2.24) is 10.2 Å². The van der Waals surface area contributed by atoms with Gasteiger partial charge in [-0.15, -0.1) is 0 Å². The van der Waals surface area contributed by atoms with E-state index < -0.39 is 0 Å². The molecule has 0 saturated carbocycles. The molecule has 0 spiro atoms. The van der Waals surface area contributed by atoms with Crippen LogP contribution in [0.1, 0.15) is 50.0 Å². The van der Waals surface area contributed by atoms with Crippen LogP contribution in [0.4, 0.5) is 4.79 Å². The SMILES string of the molecule is Cc1c(C(C)NC(=O)N2CCCCC2CCO)oc2ccccc12. The number of rotatable bonds is 4. The molecule has 5 nitrogen and oxygen atoms in total. The number of carbonyl (C=O) groups is 1. The number of furan rings is 1. The van der Waals surface area contributed by atoms with E-state index in [-0.39, 0.29) is 24.7 Å². The predicted octanol–water partition coefficient (Wildman–Crippen LogP) is 3.75. The number of fused-ring (bicyclic) bond motifs is 1. The van der Waals surface area contributed by atoms with E-state index in [9.17, 15) is 9.90 Å². The molecular weight excluding hydrogens is 304 g/mol. The summed E-state index contributed by atoms with van der Waals surface area (Å²) in [7, 11) is 0. The third-order valence-electron chi connectivity index (χ3n) is 4.96. The Morgan fingerprint density at radius 3 is 2.96 bits per heavy atom. The van der Waals surface area contributed by atoms with Gasteiger partial charge in [-0.05, 0) is 45.6 Å². The molecule has 24 heavy (non-hydrogen) atoms. The number of piperidine rings is 1. The largest absolute Gasteiger partial charge is 0.459 e. The van der Waals surface area contributed by atoms with Crippen LogP contribution in [0.5, 0.6) is 0 Å². The number of hydrogen-bond donors (Lipinski definition) is 2. The summed E-state index contributed by atoms with van der Waals surface area (Å²) in [6.07, 6.45) is 3.75. The first-order chi connectivity index (χ1) is 11.6. The van der Waals surface area contributed by atoms with Gasteiger partial charge in [0.15, 0.2) is 0 Å². The monoisotopic (exact) mass is 330 g/mol. The molecule has 1 aliphatic rings. The van der Waals surface area contributed by atoms with Crippen LogP contribution < -0.4 is 5.32 Å². The fraction of sp³-hybridized carbons (Fsp3) is 0.526. The molecule has 2 heterocycles. The van der Waals surface area contributed by atoms with Crippen LogP contribution in [-0.2, 0) is 0 Å². The van der Waals surface area contributed by atoms with Crippen LogP contribution in [0.15, 0.2) is 28.7 Å². The number of aliphatic hydroxyl groups excluding tert-OH is 1. The van der Waals surface area contributed by atoms with Crippen molar-refractivity contribution in [2.75, 3.05) is 13.2 Å². The molecule has 5 heteroatoms. The number of aliphatic hydroxyl groups is 1. The lowest BCUT2D eigenvalue weighted by atomic mass is 10.00. The summed E-state index contributed by atoms with van der Waals surface area (Å²) >= 11 is 0. The van der Waals surface area contributed by atoms with Crippen molar-refractivity contribution in [2.45, 2.75) is 51.6 Å². The Morgan fingerprint density at radius 2 is 2.21 bits per heavy atom. The topological polar surface area (TPSA) is 65.7 Å². The van der Waals surface area contributed by atoms with Gasteiger partial charge in [-0.25, -0.2) is 4.79 Å². The third kappa shape index (κ3) is 3.26. The second kappa shape index (κ2) is 7.26. The average molecular weight is 330 g/mol. The van der Waals surface area contributed by atoms with Gasteiger partial charge in [-0.1, -0.05) is 18.2 Å². The minimum absolute atomic E-state index is 0.0690.